The van der Waals surface area contributed by atoms with E-state index in [-0.39, 0.29) is 5.91 Å². The molecule has 142 valence electrons. The molecule has 2 heterocycles. The Morgan fingerprint density at radius 2 is 1.78 bits per heavy atom. The van der Waals surface area contributed by atoms with E-state index in [1.54, 1.807) is 18.9 Å². The fourth-order valence-corrected chi connectivity index (χ4v) is 2.69. The van der Waals surface area contributed by atoms with Crippen LogP contribution in [0.25, 0.3) is 0 Å². The minimum atomic E-state index is -0.0266. The second-order valence-corrected chi connectivity index (χ2v) is 6.47. The summed E-state index contributed by atoms with van der Waals surface area (Å²) in [6.07, 6.45) is 3.36. The number of carbonyl (C=O) groups excluding carboxylic acids is 1. The third-order valence-corrected chi connectivity index (χ3v) is 4.32. The first-order valence-electron chi connectivity index (χ1n) is 8.99. The summed E-state index contributed by atoms with van der Waals surface area (Å²) in [6.45, 7) is 2.16. The number of hydrogen-bond donors (Lipinski definition) is 0. The van der Waals surface area contributed by atoms with Gasteiger partial charge in [0.2, 0.25) is 17.7 Å². The number of hydrogen-bond acceptors (Lipinski definition) is 7. The van der Waals surface area contributed by atoms with Crippen LogP contribution < -0.4 is 0 Å². The first-order valence-corrected chi connectivity index (χ1v) is 8.99. The molecule has 27 heavy (non-hydrogen) atoms. The zero-order valence-corrected chi connectivity index (χ0v) is 15.6. The predicted molar refractivity (Wildman–Crippen MR) is 96.6 cm³/mol. The van der Waals surface area contributed by atoms with Gasteiger partial charge in [0.05, 0.1) is 6.54 Å². The van der Waals surface area contributed by atoms with Gasteiger partial charge in [0, 0.05) is 26.3 Å². The SMILES string of the molecule is Cc1nonc1CN(C)C(=O)CCc1nnc(CCCc2ccccc2)o1. The topological polar surface area (TPSA) is 98.2 Å². The quantitative estimate of drug-likeness (QED) is 0.571. The van der Waals surface area contributed by atoms with E-state index in [4.69, 9.17) is 4.42 Å². The number of benzene rings is 1. The van der Waals surface area contributed by atoms with Crippen LogP contribution in [0.5, 0.6) is 0 Å². The summed E-state index contributed by atoms with van der Waals surface area (Å²) in [4.78, 5) is 13.8. The molecule has 0 aliphatic carbocycles. The molecule has 1 aromatic carbocycles. The highest BCUT2D eigenvalue weighted by Gasteiger charge is 2.15. The molecule has 3 aromatic rings. The van der Waals surface area contributed by atoms with Crippen LogP contribution in [0.3, 0.4) is 0 Å². The minimum absolute atomic E-state index is 0.0266. The minimum Gasteiger partial charge on any atom is -0.425 e. The van der Waals surface area contributed by atoms with Crippen molar-refractivity contribution in [2.45, 2.75) is 45.6 Å². The number of aromatic nitrogens is 4. The Balaban J connectivity index is 1.41. The molecule has 0 aliphatic heterocycles. The summed E-state index contributed by atoms with van der Waals surface area (Å²) in [7, 11) is 1.72. The van der Waals surface area contributed by atoms with Crippen molar-refractivity contribution in [1.29, 1.82) is 0 Å². The molecule has 8 nitrogen and oxygen atoms in total. The van der Waals surface area contributed by atoms with Gasteiger partial charge in [-0.1, -0.05) is 40.6 Å². The number of aryl methyl sites for hydroxylation is 4. The lowest BCUT2D eigenvalue weighted by atomic mass is 10.1. The standard InChI is InChI=1S/C19H23N5O3/c1-14-16(23-27-22-14)13-24(2)19(25)12-11-18-21-20-17(26-18)10-6-9-15-7-4-3-5-8-15/h3-5,7-8H,6,9-13H2,1-2H3. The smallest absolute Gasteiger partial charge is 0.223 e. The van der Waals surface area contributed by atoms with Crippen LogP contribution in [0.2, 0.25) is 0 Å². The van der Waals surface area contributed by atoms with E-state index in [1.165, 1.54) is 5.56 Å². The van der Waals surface area contributed by atoms with Crippen LogP contribution in [-0.4, -0.2) is 38.4 Å². The molecule has 8 heteroatoms. The maximum absolute atomic E-state index is 12.2. The lowest BCUT2D eigenvalue weighted by Gasteiger charge is -2.14. The molecule has 0 spiro atoms. The largest absolute Gasteiger partial charge is 0.425 e. The zero-order chi connectivity index (χ0) is 19.1. The average molecular weight is 369 g/mol. The Hall–Kier alpha value is -3.03. The van der Waals surface area contributed by atoms with Gasteiger partial charge in [-0.15, -0.1) is 10.2 Å². The van der Waals surface area contributed by atoms with Crippen LogP contribution in [0, 0.1) is 6.92 Å². The molecule has 0 bridgehead atoms. The first kappa shape index (κ1) is 18.8. The van der Waals surface area contributed by atoms with Crippen molar-refractivity contribution in [1.82, 2.24) is 25.4 Å². The Morgan fingerprint density at radius 3 is 2.48 bits per heavy atom. The van der Waals surface area contributed by atoms with Crippen molar-refractivity contribution in [2.75, 3.05) is 7.05 Å². The van der Waals surface area contributed by atoms with E-state index in [0.29, 0.717) is 42.6 Å². The molecule has 0 N–H and O–H groups in total. The Bertz CT molecular complexity index is 859. The fourth-order valence-electron chi connectivity index (χ4n) is 2.69. The molecule has 0 saturated carbocycles. The van der Waals surface area contributed by atoms with Gasteiger partial charge < -0.3 is 9.32 Å². The van der Waals surface area contributed by atoms with Gasteiger partial charge in [-0.25, -0.2) is 4.63 Å². The second-order valence-electron chi connectivity index (χ2n) is 6.47. The molecule has 0 fully saturated rings. The summed E-state index contributed by atoms with van der Waals surface area (Å²) in [5.41, 5.74) is 2.64. The van der Waals surface area contributed by atoms with Crippen molar-refractivity contribution in [3.8, 4) is 0 Å². The molecule has 0 saturated heterocycles. The third kappa shape index (κ3) is 5.47. The highest BCUT2D eigenvalue weighted by molar-refractivity contribution is 5.75. The summed E-state index contributed by atoms with van der Waals surface area (Å²) in [5, 5.41) is 15.6. The monoisotopic (exact) mass is 369 g/mol. The normalized spacial score (nSPS) is 10.9. The number of nitrogens with zero attached hydrogens (tertiary/aromatic N) is 5. The first-order chi connectivity index (χ1) is 13.1. The Kier molecular flexibility index (Phi) is 6.30. The summed E-state index contributed by atoms with van der Waals surface area (Å²) in [5.74, 6) is 1.08. The Labute approximate surface area is 157 Å². The molecule has 0 aliphatic rings. The van der Waals surface area contributed by atoms with Gasteiger partial charge in [0.25, 0.3) is 0 Å². The summed E-state index contributed by atoms with van der Waals surface area (Å²) >= 11 is 0. The average Bonchev–Trinajstić information content (AvgIpc) is 3.30. The lowest BCUT2D eigenvalue weighted by molar-refractivity contribution is -0.130. The van der Waals surface area contributed by atoms with Gasteiger partial charge >= 0.3 is 0 Å². The van der Waals surface area contributed by atoms with Crippen molar-refractivity contribution < 1.29 is 13.8 Å². The number of amides is 1. The van der Waals surface area contributed by atoms with E-state index in [1.807, 2.05) is 18.2 Å². The van der Waals surface area contributed by atoms with E-state index < -0.39 is 0 Å². The van der Waals surface area contributed by atoms with E-state index in [0.717, 1.165) is 19.3 Å². The number of carbonyl (C=O) groups is 1. The van der Waals surface area contributed by atoms with E-state index in [2.05, 4.69) is 37.3 Å². The highest BCUT2D eigenvalue weighted by Crippen LogP contribution is 2.10. The molecule has 1 amide bonds. The molecular formula is C19H23N5O3. The fraction of sp³-hybridized carbons (Fsp3) is 0.421. The summed E-state index contributed by atoms with van der Waals surface area (Å²) < 4.78 is 10.3. The van der Waals surface area contributed by atoms with Gasteiger partial charge in [0.15, 0.2) is 0 Å². The van der Waals surface area contributed by atoms with Crippen molar-refractivity contribution in [3.05, 3.63) is 59.1 Å². The van der Waals surface area contributed by atoms with Crippen LogP contribution in [0.15, 0.2) is 39.4 Å². The van der Waals surface area contributed by atoms with Gasteiger partial charge in [-0.2, -0.15) is 0 Å². The number of rotatable bonds is 9. The maximum Gasteiger partial charge on any atom is 0.223 e. The highest BCUT2D eigenvalue weighted by atomic mass is 16.6. The molecule has 0 radical (unpaired) electrons. The van der Waals surface area contributed by atoms with Gasteiger partial charge in [-0.05, 0) is 25.3 Å². The van der Waals surface area contributed by atoms with Crippen molar-refractivity contribution in [3.63, 3.8) is 0 Å². The zero-order valence-electron chi connectivity index (χ0n) is 15.6. The summed E-state index contributed by atoms with van der Waals surface area (Å²) in [6, 6.07) is 10.3. The molecule has 0 atom stereocenters. The second kappa shape index (κ2) is 9.07. The Morgan fingerprint density at radius 1 is 1.04 bits per heavy atom. The van der Waals surface area contributed by atoms with Crippen LogP contribution >= 0.6 is 0 Å². The van der Waals surface area contributed by atoms with Crippen molar-refractivity contribution >= 4 is 5.91 Å². The van der Waals surface area contributed by atoms with Crippen LogP contribution in [0.4, 0.5) is 0 Å². The molecule has 3 rings (SSSR count). The molecule has 0 unspecified atom stereocenters. The van der Waals surface area contributed by atoms with Gasteiger partial charge in [-0.3, -0.25) is 4.79 Å². The van der Waals surface area contributed by atoms with Crippen LogP contribution in [0.1, 0.15) is 41.6 Å². The maximum atomic E-state index is 12.2. The molecular weight excluding hydrogens is 346 g/mol. The van der Waals surface area contributed by atoms with E-state index >= 15 is 0 Å². The van der Waals surface area contributed by atoms with Crippen LogP contribution in [-0.2, 0) is 30.6 Å². The van der Waals surface area contributed by atoms with Gasteiger partial charge in [0.1, 0.15) is 11.4 Å². The predicted octanol–water partition coefficient (Wildman–Crippen LogP) is 2.53. The lowest BCUT2D eigenvalue weighted by Crippen LogP contribution is -2.26. The molecule has 2 aromatic heterocycles. The van der Waals surface area contributed by atoms with E-state index in [9.17, 15) is 4.79 Å². The third-order valence-electron chi connectivity index (χ3n) is 4.32. The van der Waals surface area contributed by atoms with Crippen molar-refractivity contribution in [2.24, 2.45) is 0 Å².